The van der Waals surface area contributed by atoms with Crippen molar-refractivity contribution in [1.29, 1.82) is 0 Å². The average Bonchev–Trinajstić information content (AvgIpc) is 2.55. The molecule has 0 radical (unpaired) electrons. The number of hydrogen-bond acceptors (Lipinski definition) is 3. The van der Waals surface area contributed by atoms with Gasteiger partial charge in [-0.25, -0.2) is 0 Å². The fraction of sp³-hybridized carbons (Fsp3) is 0.727. The number of rotatable bonds is 0. The lowest BCUT2D eigenvalue weighted by molar-refractivity contribution is -0.143. The molecule has 1 aliphatic heterocycles. The lowest BCUT2D eigenvalue weighted by Gasteiger charge is -2.35. The zero-order chi connectivity index (χ0) is 9.92. The van der Waals surface area contributed by atoms with Crippen molar-refractivity contribution in [3.05, 3.63) is 11.6 Å². The van der Waals surface area contributed by atoms with Crippen molar-refractivity contribution >= 4 is 5.97 Å². The van der Waals surface area contributed by atoms with Crippen LogP contribution in [0.4, 0.5) is 0 Å². The Morgan fingerprint density at radius 3 is 3.14 bits per heavy atom. The first-order chi connectivity index (χ1) is 6.62. The topological polar surface area (TPSA) is 46.5 Å². The smallest absolute Gasteiger partial charge is 0.316 e. The van der Waals surface area contributed by atoms with Gasteiger partial charge in [0.1, 0.15) is 17.6 Å². The zero-order valence-electron chi connectivity index (χ0n) is 8.19. The number of carbonyl (C=O) groups excluding carboxylic acids is 1. The molecule has 1 heterocycles. The Kier molecular flexibility index (Phi) is 1.45. The van der Waals surface area contributed by atoms with Crippen molar-refractivity contribution in [2.45, 2.75) is 37.9 Å². The van der Waals surface area contributed by atoms with E-state index < -0.39 is 11.5 Å². The number of hydrogen-bond donors (Lipinski definition) is 1. The summed E-state index contributed by atoms with van der Waals surface area (Å²) in [6.07, 6.45) is 4.37. The van der Waals surface area contributed by atoms with E-state index in [9.17, 15) is 9.90 Å². The third-order valence-electron chi connectivity index (χ3n) is 3.98. The molecule has 2 fully saturated rings. The zero-order valence-corrected chi connectivity index (χ0v) is 8.19. The highest BCUT2D eigenvalue weighted by atomic mass is 16.6. The number of aliphatic hydroxyl groups is 1. The number of esters is 1. The van der Waals surface area contributed by atoms with Crippen LogP contribution < -0.4 is 0 Å². The van der Waals surface area contributed by atoms with Crippen LogP contribution in [0, 0.1) is 11.8 Å². The van der Waals surface area contributed by atoms with E-state index in [-0.39, 0.29) is 18.0 Å². The second-order valence-corrected chi connectivity index (χ2v) is 4.78. The van der Waals surface area contributed by atoms with Gasteiger partial charge in [-0.05, 0) is 32.1 Å². The lowest BCUT2D eigenvalue weighted by atomic mass is 9.72. The number of ether oxygens (including phenoxy) is 1. The molecule has 0 aromatic rings. The summed E-state index contributed by atoms with van der Waals surface area (Å²) in [5, 5.41) is 10.5. The largest absolute Gasteiger partial charge is 0.459 e. The van der Waals surface area contributed by atoms with Gasteiger partial charge in [-0.2, -0.15) is 0 Å². The second kappa shape index (κ2) is 2.40. The average molecular weight is 194 g/mol. The second-order valence-electron chi connectivity index (χ2n) is 4.78. The molecular formula is C11H14O3. The van der Waals surface area contributed by atoms with E-state index in [1.807, 2.05) is 13.0 Å². The summed E-state index contributed by atoms with van der Waals surface area (Å²) in [6, 6.07) is 0. The molecule has 1 saturated carbocycles. The molecule has 14 heavy (non-hydrogen) atoms. The molecule has 0 aromatic carbocycles. The molecule has 1 saturated heterocycles. The van der Waals surface area contributed by atoms with E-state index >= 15 is 0 Å². The quantitative estimate of drug-likeness (QED) is 0.462. The summed E-state index contributed by atoms with van der Waals surface area (Å²) in [6.45, 7) is 2.03. The molecule has 0 spiro atoms. The van der Waals surface area contributed by atoms with Crippen molar-refractivity contribution < 1.29 is 14.6 Å². The van der Waals surface area contributed by atoms with Crippen LogP contribution in [0.2, 0.25) is 0 Å². The van der Waals surface area contributed by atoms with Gasteiger partial charge >= 0.3 is 5.97 Å². The lowest BCUT2D eigenvalue weighted by Crippen LogP contribution is -2.47. The number of carbonyl (C=O) groups is 1. The minimum atomic E-state index is -0.878. The van der Waals surface area contributed by atoms with E-state index in [1.54, 1.807) is 0 Å². The Bertz CT molecular complexity index is 333. The Morgan fingerprint density at radius 1 is 1.57 bits per heavy atom. The van der Waals surface area contributed by atoms with Crippen molar-refractivity contribution in [3.63, 3.8) is 0 Å². The van der Waals surface area contributed by atoms with Crippen molar-refractivity contribution in [3.8, 4) is 0 Å². The van der Waals surface area contributed by atoms with Crippen molar-refractivity contribution in [2.24, 2.45) is 11.8 Å². The molecule has 3 rings (SSSR count). The van der Waals surface area contributed by atoms with Gasteiger partial charge in [-0.15, -0.1) is 0 Å². The monoisotopic (exact) mass is 194 g/mol. The molecule has 3 nitrogen and oxygen atoms in total. The summed E-state index contributed by atoms with van der Waals surface area (Å²) in [4.78, 5) is 11.5. The highest BCUT2D eigenvalue weighted by Crippen LogP contribution is 2.53. The van der Waals surface area contributed by atoms with Crippen LogP contribution in [0.1, 0.15) is 26.2 Å². The minimum absolute atomic E-state index is 0.231. The Balaban J connectivity index is 2.11. The van der Waals surface area contributed by atoms with Gasteiger partial charge < -0.3 is 9.84 Å². The molecular weight excluding hydrogens is 180 g/mol. The van der Waals surface area contributed by atoms with Gasteiger partial charge in [0.15, 0.2) is 0 Å². The third-order valence-corrected chi connectivity index (χ3v) is 3.98. The highest BCUT2D eigenvalue weighted by molar-refractivity contribution is 5.80. The van der Waals surface area contributed by atoms with Crippen LogP contribution in [0.15, 0.2) is 11.6 Å². The summed E-state index contributed by atoms with van der Waals surface area (Å²) in [5.74, 6) is -0.399. The maximum Gasteiger partial charge on any atom is 0.316 e. The minimum Gasteiger partial charge on any atom is -0.459 e. The first-order valence-electron chi connectivity index (χ1n) is 5.22. The van der Waals surface area contributed by atoms with Crippen molar-refractivity contribution in [1.82, 2.24) is 0 Å². The third kappa shape index (κ3) is 0.793. The maximum absolute atomic E-state index is 11.5. The molecule has 4 atom stereocenters. The maximum atomic E-state index is 11.5. The molecule has 1 N–H and O–H groups in total. The molecule has 3 heteroatoms. The summed E-state index contributed by atoms with van der Waals surface area (Å²) < 4.78 is 5.22. The van der Waals surface area contributed by atoms with E-state index in [4.69, 9.17) is 4.74 Å². The van der Waals surface area contributed by atoms with E-state index in [0.29, 0.717) is 0 Å². The van der Waals surface area contributed by atoms with Crippen LogP contribution in [-0.4, -0.2) is 22.8 Å². The molecule has 1 unspecified atom stereocenters. The Hall–Kier alpha value is -0.830. The first-order valence-corrected chi connectivity index (χ1v) is 5.22. The normalized spacial score (nSPS) is 50.0. The molecule has 3 aliphatic rings. The molecule has 76 valence electrons. The van der Waals surface area contributed by atoms with E-state index in [0.717, 1.165) is 19.3 Å². The van der Waals surface area contributed by atoms with Crippen molar-refractivity contribution in [2.75, 3.05) is 0 Å². The predicted molar refractivity (Wildman–Crippen MR) is 49.4 cm³/mol. The molecule has 0 bridgehead atoms. The van der Waals surface area contributed by atoms with Gasteiger partial charge in [0.25, 0.3) is 0 Å². The standard InChI is InChI=1S/C11H14O3/c1-6-4-7-2-3-9-11(7,13)8(5-6)10(12)14-9/h5,7-9,13H,2-4H2,1H3/t7-,8?,9-,11+/m1/s1. The van der Waals surface area contributed by atoms with Crippen LogP contribution in [0.5, 0.6) is 0 Å². The highest BCUT2D eigenvalue weighted by Gasteiger charge is 2.63. The van der Waals surface area contributed by atoms with Gasteiger partial charge in [-0.3, -0.25) is 4.79 Å². The van der Waals surface area contributed by atoms with Gasteiger partial charge in [0, 0.05) is 0 Å². The van der Waals surface area contributed by atoms with E-state index in [2.05, 4.69) is 0 Å². The molecule has 0 aromatic heterocycles. The fourth-order valence-corrected chi connectivity index (χ4v) is 3.30. The Morgan fingerprint density at radius 2 is 2.36 bits per heavy atom. The van der Waals surface area contributed by atoms with E-state index in [1.165, 1.54) is 5.57 Å². The summed E-state index contributed by atoms with van der Waals surface area (Å²) >= 11 is 0. The van der Waals surface area contributed by atoms with Gasteiger partial charge in [0.05, 0.1) is 0 Å². The fourth-order valence-electron chi connectivity index (χ4n) is 3.30. The SMILES string of the molecule is CC1=CC2C(=O)O[C@@H]3CC[C@H](C1)[C@]23O. The van der Waals surface area contributed by atoms with Crippen LogP contribution in [0.3, 0.4) is 0 Å². The summed E-state index contributed by atoms with van der Waals surface area (Å²) in [5.41, 5.74) is 0.334. The number of allylic oxidation sites excluding steroid dienone is 1. The van der Waals surface area contributed by atoms with Gasteiger partial charge in [0.2, 0.25) is 0 Å². The first kappa shape index (κ1) is 8.48. The Labute approximate surface area is 82.8 Å². The molecule has 0 amide bonds. The van der Waals surface area contributed by atoms with Crippen LogP contribution in [-0.2, 0) is 9.53 Å². The van der Waals surface area contributed by atoms with Gasteiger partial charge in [-0.1, -0.05) is 11.6 Å². The predicted octanol–water partition coefficient (Wildman–Crippen LogP) is 1.02. The summed E-state index contributed by atoms with van der Waals surface area (Å²) in [7, 11) is 0. The van der Waals surface area contributed by atoms with Crippen LogP contribution in [0.25, 0.3) is 0 Å². The van der Waals surface area contributed by atoms with Crippen LogP contribution >= 0.6 is 0 Å². The molecule has 2 aliphatic carbocycles.